The Labute approximate surface area is 128 Å². The van der Waals surface area contributed by atoms with Crippen LogP contribution in [0.15, 0.2) is 47.2 Å². The summed E-state index contributed by atoms with van der Waals surface area (Å²) in [6.45, 7) is 0.773. The molecule has 1 atom stereocenters. The summed E-state index contributed by atoms with van der Waals surface area (Å²) in [7, 11) is 0. The molecule has 4 nitrogen and oxygen atoms in total. The van der Waals surface area contributed by atoms with Crippen LogP contribution < -0.4 is 5.73 Å². The zero-order valence-electron chi connectivity index (χ0n) is 12.1. The van der Waals surface area contributed by atoms with Gasteiger partial charge in [-0.25, -0.2) is 0 Å². The number of fused-ring (bicyclic) bond motifs is 3. The van der Waals surface area contributed by atoms with Crippen molar-refractivity contribution in [1.82, 2.24) is 4.98 Å². The molecule has 0 fully saturated rings. The number of aromatic nitrogens is 1. The van der Waals surface area contributed by atoms with Gasteiger partial charge in [0.25, 0.3) is 0 Å². The summed E-state index contributed by atoms with van der Waals surface area (Å²) in [4.78, 5) is 8.48. The van der Waals surface area contributed by atoms with Gasteiger partial charge in [-0.2, -0.15) is 0 Å². The van der Waals surface area contributed by atoms with E-state index in [1.165, 1.54) is 17.3 Å². The predicted molar refractivity (Wildman–Crippen MR) is 89.4 cm³/mol. The van der Waals surface area contributed by atoms with Crippen LogP contribution in [0.1, 0.15) is 29.0 Å². The highest BCUT2D eigenvalue weighted by Crippen LogP contribution is 2.45. The van der Waals surface area contributed by atoms with Crippen molar-refractivity contribution >= 4 is 18.1 Å². The average Bonchev–Trinajstić information content (AvgIpc) is 2.95. The van der Waals surface area contributed by atoms with Crippen LogP contribution in [-0.4, -0.2) is 23.6 Å². The fourth-order valence-electron chi connectivity index (χ4n) is 3.44. The molecule has 1 unspecified atom stereocenters. The van der Waals surface area contributed by atoms with Crippen LogP contribution in [0, 0.1) is 5.41 Å². The van der Waals surface area contributed by atoms with Gasteiger partial charge in [0.1, 0.15) is 5.84 Å². The largest absolute Gasteiger partial charge is 0.384 e. The van der Waals surface area contributed by atoms with Crippen LogP contribution in [0.4, 0.5) is 0 Å². The highest BCUT2D eigenvalue weighted by Gasteiger charge is 2.32. The molecule has 2 aromatic rings. The van der Waals surface area contributed by atoms with Gasteiger partial charge in [0.05, 0.1) is 0 Å². The normalized spacial score (nSPS) is 19.0. The first-order valence-electron chi connectivity index (χ1n) is 7.38. The molecule has 22 heavy (non-hydrogen) atoms. The molecule has 1 aromatic carbocycles. The monoisotopic (exact) mass is 288 g/mol. The molecule has 0 amide bonds. The molecular formula is C18H16N4. The summed E-state index contributed by atoms with van der Waals surface area (Å²) < 4.78 is 0. The van der Waals surface area contributed by atoms with Crippen LogP contribution in [0.5, 0.6) is 0 Å². The number of nitrogens with one attached hydrogen (secondary N) is 1. The van der Waals surface area contributed by atoms with Crippen LogP contribution in [0.2, 0.25) is 0 Å². The summed E-state index contributed by atoms with van der Waals surface area (Å²) in [5, 5.41) is 7.60. The molecule has 1 aliphatic carbocycles. The lowest BCUT2D eigenvalue weighted by Gasteiger charge is -2.22. The van der Waals surface area contributed by atoms with Crippen LogP contribution in [0.3, 0.4) is 0 Å². The SMILES string of the molecule is N=Cc1cc2c(c(-c3ccncc3)c1)C1CCN=C(N)C1=C2. The molecule has 0 spiro atoms. The van der Waals surface area contributed by atoms with Gasteiger partial charge in [-0.15, -0.1) is 0 Å². The van der Waals surface area contributed by atoms with Crippen LogP contribution in [-0.2, 0) is 0 Å². The third-order valence-electron chi connectivity index (χ3n) is 4.42. The maximum absolute atomic E-state index is 7.60. The van der Waals surface area contributed by atoms with E-state index < -0.39 is 0 Å². The summed E-state index contributed by atoms with van der Waals surface area (Å²) in [6, 6.07) is 8.18. The minimum atomic E-state index is 0.315. The Bertz CT molecular complexity index is 818. The number of benzene rings is 1. The fourth-order valence-corrected chi connectivity index (χ4v) is 3.44. The molecule has 108 valence electrons. The Morgan fingerprint density at radius 1 is 1.23 bits per heavy atom. The van der Waals surface area contributed by atoms with Crippen molar-refractivity contribution < 1.29 is 0 Å². The first-order chi connectivity index (χ1) is 10.8. The lowest BCUT2D eigenvalue weighted by atomic mass is 9.84. The number of amidine groups is 1. The van der Waals surface area contributed by atoms with Crippen molar-refractivity contribution in [3.05, 3.63) is 58.9 Å². The minimum absolute atomic E-state index is 0.315. The maximum Gasteiger partial charge on any atom is 0.122 e. The number of hydrogen-bond donors (Lipinski definition) is 2. The zero-order valence-corrected chi connectivity index (χ0v) is 12.1. The number of nitrogens with zero attached hydrogens (tertiary/aromatic N) is 2. The topological polar surface area (TPSA) is 75.1 Å². The summed E-state index contributed by atoms with van der Waals surface area (Å²) in [6.07, 6.45) is 8.12. The molecular weight excluding hydrogens is 272 g/mol. The highest BCUT2D eigenvalue weighted by atomic mass is 14.9. The van der Waals surface area contributed by atoms with Crippen molar-refractivity contribution in [2.24, 2.45) is 10.7 Å². The standard InChI is InChI=1S/C18H16N4/c19-10-11-7-13-9-16-14(3-6-22-18(16)20)17(13)15(8-11)12-1-4-21-5-2-12/h1-2,4-5,7-10,14,19H,3,6H2,(H2,20,22). The molecule has 2 heterocycles. The second-order valence-corrected chi connectivity index (χ2v) is 5.66. The number of nitrogens with two attached hydrogens (primary N) is 1. The lowest BCUT2D eigenvalue weighted by molar-refractivity contribution is 0.720. The first-order valence-corrected chi connectivity index (χ1v) is 7.38. The Morgan fingerprint density at radius 2 is 2.05 bits per heavy atom. The molecule has 0 saturated heterocycles. The van der Waals surface area contributed by atoms with E-state index in [1.54, 1.807) is 12.4 Å². The summed E-state index contributed by atoms with van der Waals surface area (Å²) in [5.41, 5.74) is 12.9. The molecule has 0 saturated carbocycles. The van der Waals surface area contributed by atoms with Crippen molar-refractivity contribution in [2.45, 2.75) is 12.3 Å². The van der Waals surface area contributed by atoms with Gasteiger partial charge >= 0.3 is 0 Å². The van der Waals surface area contributed by atoms with Crippen molar-refractivity contribution in [2.75, 3.05) is 6.54 Å². The number of pyridine rings is 1. The van der Waals surface area contributed by atoms with Gasteiger partial charge in [-0.05, 0) is 64.6 Å². The van der Waals surface area contributed by atoms with E-state index in [0.717, 1.165) is 35.2 Å². The van der Waals surface area contributed by atoms with Gasteiger partial charge in [0.2, 0.25) is 0 Å². The Morgan fingerprint density at radius 3 is 2.82 bits per heavy atom. The number of rotatable bonds is 2. The van der Waals surface area contributed by atoms with E-state index in [9.17, 15) is 0 Å². The maximum atomic E-state index is 7.60. The van der Waals surface area contributed by atoms with Crippen molar-refractivity contribution in [3.8, 4) is 11.1 Å². The van der Waals surface area contributed by atoms with Gasteiger partial charge in [-0.1, -0.05) is 0 Å². The number of aliphatic imine (C=N–C) groups is 1. The molecule has 0 bridgehead atoms. The first kappa shape index (κ1) is 13.0. The molecule has 2 aliphatic rings. The van der Waals surface area contributed by atoms with Crippen molar-refractivity contribution in [3.63, 3.8) is 0 Å². The molecule has 3 N–H and O–H groups in total. The molecule has 4 heteroatoms. The molecule has 1 aliphatic heterocycles. The highest BCUT2D eigenvalue weighted by molar-refractivity contribution is 6.06. The number of hydrogen-bond acceptors (Lipinski definition) is 4. The third-order valence-corrected chi connectivity index (χ3v) is 4.42. The molecule has 4 rings (SSSR count). The van der Waals surface area contributed by atoms with E-state index >= 15 is 0 Å². The second-order valence-electron chi connectivity index (χ2n) is 5.66. The van der Waals surface area contributed by atoms with E-state index in [-0.39, 0.29) is 0 Å². The van der Waals surface area contributed by atoms with Gasteiger partial charge in [-0.3, -0.25) is 9.98 Å². The molecule has 0 radical (unpaired) electrons. The van der Waals surface area contributed by atoms with Crippen LogP contribution in [0.25, 0.3) is 17.2 Å². The smallest absolute Gasteiger partial charge is 0.122 e. The predicted octanol–water partition coefficient (Wildman–Crippen LogP) is 2.99. The summed E-state index contributed by atoms with van der Waals surface area (Å²) in [5.74, 6) is 0.972. The lowest BCUT2D eigenvalue weighted by Crippen LogP contribution is -2.23. The van der Waals surface area contributed by atoms with E-state index in [0.29, 0.717) is 11.8 Å². The van der Waals surface area contributed by atoms with Crippen molar-refractivity contribution in [1.29, 1.82) is 5.41 Å². The fraction of sp³-hybridized carbons (Fsp3) is 0.167. The van der Waals surface area contributed by atoms with E-state index in [2.05, 4.69) is 28.2 Å². The van der Waals surface area contributed by atoms with E-state index in [1.807, 2.05) is 12.1 Å². The Balaban J connectivity index is 1.96. The quantitative estimate of drug-likeness (QED) is 0.834. The van der Waals surface area contributed by atoms with Crippen LogP contribution >= 0.6 is 0 Å². The average molecular weight is 288 g/mol. The van der Waals surface area contributed by atoms with Gasteiger partial charge < -0.3 is 11.1 Å². The second kappa shape index (κ2) is 4.91. The molecule has 1 aromatic heterocycles. The van der Waals surface area contributed by atoms with E-state index in [4.69, 9.17) is 11.1 Å². The third kappa shape index (κ3) is 1.88. The summed E-state index contributed by atoms with van der Waals surface area (Å²) >= 11 is 0. The zero-order chi connectivity index (χ0) is 15.1. The minimum Gasteiger partial charge on any atom is -0.384 e. The Kier molecular flexibility index (Phi) is 2.89. The van der Waals surface area contributed by atoms with Gasteiger partial charge in [0, 0.05) is 36.6 Å². The van der Waals surface area contributed by atoms with Gasteiger partial charge in [0.15, 0.2) is 0 Å². The Hall–Kier alpha value is -2.75.